The number of hydrogen-bond donors (Lipinski definition) is 3. The van der Waals surface area contributed by atoms with Crippen LogP contribution in [-0.2, 0) is 35.1 Å². The Labute approximate surface area is 234 Å². The summed E-state index contributed by atoms with van der Waals surface area (Å²) in [5.41, 5.74) is 3.27. The molecule has 2 aromatic carbocycles. The number of carboxylic acid groups (broad SMARTS) is 1. The minimum Gasteiger partial charge on any atom is -0.481 e. The molecule has 1 amide bonds. The Morgan fingerprint density at radius 3 is 2.23 bits per heavy atom. The number of piperidine rings is 1. The molecular weight excluding hydrogens is 516 g/mol. The van der Waals surface area contributed by atoms with Gasteiger partial charge in [-0.25, -0.2) is 0 Å². The molecule has 3 aliphatic rings. The van der Waals surface area contributed by atoms with Gasteiger partial charge in [-0.15, -0.1) is 0 Å². The Bertz CT molecular complexity index is 1140. The third kappa shape index (κ3) is 6.88. The molecule has 4 atom stereocenters. The maximum Gasteiger partial charge on any atom is 0.303 e. The number of benzene rings is 2. The summed E-state index contributed by atoms with van der Waals surface area (Å²) in [5, 5.41) is 21.0. The number of aliphatic hydroxyl groups excluding tert-OH is 1. The number of carboxylic acids is 1. The number of anilines is 1. The molecule has 0 radical (unpaired) electrons. The molecule has 1 spiro atoms. The van der Waals surface area contributed by atoms with Crippen molar-refractivity contribution in [2.45, 2.75) is 63.5 Å². The maximum absolute atomic E-state index is 12.0. The van der Waals surface area contributed by atoms with Crippen LogP contribution in [0.15, 0.2) is 48.5 Å². The van der Waals surface area contributed by atoms with Crippen LogP contribution in [-0.4, -0.2) is 71.7 Å². The Morgan fingerprint density at radius 2 is 1.60 bits per heavy atom. The number of rotatable bonds is 9. The summed E-state index contributed by atoms with van der Waals surface area (Å²) >= 11 is 0. The first kappa shape index (κ1) is 28.7. The summed E-state index contributed by atoms with van der Waals surface area (Å²) < 4.78 is 24.9. The molecular formula is C30H38N2O8. The number of hydrogen-bond acceptors (Lipinski definition) is 8. The molecule has 3 heterocycles. The van der Waals surface area contributed by atoms with Crippen LogP contribution in [0.25, 0.3) is 0 Å². The predicted octanol–water partition coefficient (Wildman–Crippen LogP) is 3.61. The van der Waals surface area contributed by atoms with Crippen molar-refractivity contribution in [3.8, 4) is 0 Å². The van der Waals surface area contributed by atoms with Crippen molar-refractivity contribution < 1.29 is 38.7 Å². The second kappa shape index (κ2) is 12.8. The number of aliphatic hydroxyl groups is 1. The zero-order chi connectivity index (χ0) is 28.1. The fraction of sp³-hybridized carbons (Fsp3) is 0.533. The Kier molecular flexibility index (Phi) is 9.14. The van der Waals surface area contributed by atoms with Crippen molar-refractivity contribution in [2.24, 2.45) is 5.92 Å². The molecule has 3 aliphatic heterocycles. The summed E-state index contributed by atoms with van der Waals surface area (Å²) in [4.78, 5) is 25.2. The molecule has 5 rings (SSSR count). The number of ether oxygens (including phenoxy) is 4. The number of likely N-dealkylation sites (tertiary alicyclic amines) is 1. The summed E-state index contributed by atoms with van der Waals surface area (Å²) in [6, 6.07) is 15.1. The minimum atomic E-state index is -1.01. The maximum atomic E-state index is 12.0. The van der Waals surface area contributed by atoms with Crippen LogP contribution in [0.1, 0.15) is 61.7 Å². The standard InChI is InChI=1S/C30H38N2O8/c1-20-25(18-32-14-12-30(13-15-32)37-16-17-38-30)39-29(40-28(20)22-4-2-21(19-33)3-5-22)23-6-8-24(9-7-23)31-26(34)10-11-27(35)36/h2-9,20,25,28-29,33H,10-19H2,1H3,(H,31,34)(H,35,36)/t20-,25+,28+,29+/m0/s1. The van der Waals surface area contributed by atoms with E-state index >= 15 is 0 Å². The van der Waals surface area contributed by atoms with Gasteiger partial charge in [-0.2, -0.15) is 0 Å². The molecule has 3 fully saturated rings. The normalized spacial score (nSPS) is 26.6. The predicted molar refractivity (Wildman–Crippen MR) is 145 cm³/mol. The third-order valence-corrected chi connectivity index (χ3v) is 8.03. The number of nitrogens with one attached hydrogen (secondary N) is 1. The summed E-state index contributed by atoms with van der Waals surface area (Å²) in [6.45, 7) is 5.93. The van der Waals surface area contributed by atoms with Crippen LogP contribution in [0.4, 0.5) is 5.69 Å². The van der Waals surface area contributed by atoms with Gasteiger partial charge in [0.25, 0.3) is 0 Å². The third-order valence-electron chi connectivity index (χ3n) is 8.03. The van der Waals surface area contributed by atoms with Gasteiger partial charge in [-0.1, -0.05) is 43.3 Å². The highest BCUT2D eigenvalue weighted by Crippen LogP contribution is 2.42. The Hall–Kier alpha value is -2.86. The van der Waals surface area contributed by atoms with Crippen LogP contribution in [0.3, 0.4) is 0 Å². The molecule has 40 heavy (non-hydrogen) atoms. The Balaban J connectivity index is 1.29. The number of nitrogens with zero attached hydrogens (tertiary/aromatic N) is 1. The topological polar surface area (TPSA) is 127 Å². The molecule has 3 N–H and O–H groups in total. The van der Waals surface area contributed by atoms with Gasteiger partial charge < -0.3 is 39.4 Å². The van der Waals surface area contributed by atoms with Gasteiger partial charge in [0.1, 0.15) is 0 Å². The van der Waals surface area contributed by atoms with E-state index < -0.39 is 18.0 Å². The van der Waals surface area contributed by atoms with Gasteiger partial charge in [0.2, 0.25) is 5.91 Å². The zero-order valence-corrected chi connectivity index (χ0v) is 22.8. The van der Waals surface area contributed by atoms with Gasteiger partial charge in [0, 0.05) is 56.1 Å². The Morgan fingerprint density at radius 1 is 0.950 bits per heavy atom. The van der Waals surface area contributed by atoms with E-state index in [1.807, 2.05) is 36.4 Å². The number of carbonyl (C=O) groups is 2. The lowest BCUT2D eigenvalue weighted by Gasteiger charge is -2.44. The van der Waals surface area contributed by atoms with Crippen LogP contribution >= 0.6 is 0 Å². The molecule has 216 valence electrons. The molecule has 3 saturated heterocycles. The molecule has 0 unspecified atom stereocenters. The van der Waals surface area contributed by atoms with Crippen LogP contribution in [0.5, 0.6) is 0 Å². The fourth-order valence-electron chi connectivity index (χ4n) is 5.61. The molecule has 2 aromatic rings. The molecule has 0 aliphatic carbocycles. The SMILES string of the molecule is C[C@H]1[C@@H](CN2CCC3(CC2)OCCO3)O[C@@H](c2ccc(NC(=O)CCC(=O)O)cc2)O[C@H]1c1ccc(CO)cc1. The smallest absolute Gasteiger partial charge is 0.303 e. The lowest BCUT2D eigenvalue weighted by molar-refractivity contribution is -0.278. The highest BCUT2D eigenvalue weighted by Gasteiger charge is 2.43. The van der Waals surface area contributed by atoms with Crippen molar-refractivity contribution in [1.82, 2.24) is 4.90 Å². The van der Waals surface area contributed by atoms with E-state index in [4.69, 9.17) is 24.1 Å². The van der Waals surface area contributed by atoms with Crippen molar-refractivity contribution in [2.75, 3.05) is 38.2 Å². The second-order valence-corrected chi connectivity index (χ2v) is 10.8. The van der Waals surface area contributed by atoms with Crippen molar-refractivity contribution in [3.05, 3.63) is 65.2 Å². The van der Waals surface area contributed by atoms with Gasteiger partial charge in [-0.3, -0.25) is 9.59 Å². The van der Waals surface area contributed by atoms with Crippen LogP contribution < -0.4 is 5.32 Å². The summed E-state index contributed by atoms with van der Waals surface area (Å²) in [5.74, 6) is -1.72. The van der Waals surface area contributed by atoms with Crippen LogP contribution in [0.2, 0.25) is 0 Å². The first-order valence-corrected chi connectivity index (χ1v) is 14.0. The quantitative estimate of drug-likeness (QED) is 0.426. The van der Waals surface area contributed by atoms with Gasteiger partial charge in [0.05, 0.1) is 38.4 Å². The lowest BCUT2D eigenvalue weighted by atomic mass is 9.89. The van der Waals surface area contributed by atoms with E-state index in [0.29, 0.717) is 18.9 Å². The number of aliphatic carboxylic acids is 1. The average Bonchev–Trinajstić information content (AvgIpc) is 3.43. The second-order valence-electron chi connectivity index (χ2n) is 10.8. The van der Waals surface area contributed by atoms with Gasteiger partial charge >= 0.3 is 5.97 Å². The van der Waals surface area contributed by atoms with E-state index in [1.54, 1.807) is 12.1 Å². The monoisotopic (exact) mass is 554 g/mol. The highest BCUT2D eigenvalue weighted by atomic mass is 16.7. The van der Waals surface area contributed by atoms with Gasteiger partial charge in [0.15, 0.2) is 12.1 Å². The van der Waals surface area contributed by atoms with E-state index in [-0.39, 0.29) is 43.5 Å². The van der Waals surface area contributed by atoms with Crippen LogP contribution in [0, 0.1) is 5.92 Å². The first-order chi connectivity index (χ1) is 19.3. The largest absolute Gasteiger partial charge is 0.481 e. The molecule has 0 saturated carbocycles. The molecule has 10 nitrogen and oxygen atoms in total. The zero-order valence-electron chi connectivity index (χ0n) is 22.8. The van der Waals surface area contributed by atoms with Gasteiger partial charge in [-0.05, 0) is 23.3 Å². The highest BCUT2D eigenvalue weighted by molar-refractivity contribution is 5.92. The molecule has 10 heteroatoms. The molecule has 0 bridgehead atoms. The van der Waals surface area contributed by atoms with Crippen molar-refractivity contribution in [3.63, 3.8) is 0 Å². The molecule has 0 aromatic heterocycles. The van der Waals surface area contributed by atoms with Crippen molar-refractivity contribution >= 4 is 17.6 Å². The number of amides is 1. The van der Waals surface area contributed by atoms with E-state index in [1.165, 1.54) is 0 Å². The fourth-order valence-corrected chi connectivity index (χ4v) is 5.61. The van der Waals surface area contributed by atoms with E-state index in [9.17, 15) is 14.7 Å². The first-order valence-electron chi connectivity index (χ1n) is 14.0. The summed E-state index contributed by atoms with van der Waals surface area (Å²) in [6.07, 6.45) is 0.433. The average molecular weight is 555 g/mol. The minimum absolute atomic E-state index is 0.0151. The van der Waals surface area contributed by atoms with E-state index in [0.717, 1.165) is 49.2 Å². The number of carbonyl (C=O) groups excluding carboxylic acids is 1. The van der Waals surface area contributed by atoms with E-state index in [2.05, 4.69) is 17.1 Å². The lowest BCUT2D eigenvalue weighted by Crippen LogP contribution is -2.50. The summed E-state index contributed by atoms with van der Waals surface area (Å²) in [7, 11) is 0. The van der Waals surface area contributed by atoms with Crippen molar-refractivity contribution in [1.29, 1.82) is 0 Å².